The van der Waals surface area contributed by atoms with Crippen LogP contribution in [0.15, 0.2) is 30.5 Å². The monoisotopic (exact) mass is 289 g/mol. The van der Waals surface area contributed by atoms with Crippen molar-refractivity contribution in [2.24, 2.45) is 11.1 Å². The van der Waals surface area contributed by atoms with E-state index in [0.717, 1.165) is 43.0 Å². The quantitative estimate of drug-likeness (QED) is 0.921. The highest BCUT2D eigenvalue weighted by Crippen LogP contribution is 2.34. The van der Waals surface area contributed by atoms with Crippen LogP contribution in [-0.4, -0.2) is 24.6 Å². The maximum absolute atomic E-state index is 6.05. The molecule has 0 radical (unpaired) electrons. The Morgan fingerprint density at radius 3 is 2.75 bits per heavy atom. The van der Waals surface area contributed by atoms with E-state index in [4.69, 9.17) is 17.3 Å². The van der Waals surface area contributed by atoms with Gasteiger partial charge in [0, 0.05) is 35.4 Å². The number of nitrogens with zero attached hydrogens (tertiary/aromatic N) is 2. The summed E-state index contributed by atoms with van der Waals surface area (Å²) in [6, 6.07) is 8.02. The van der Waals surface area contributed by atoms with E-state index in [1.807, 2.05) is 18.3 Å². The Labute approximate surface area is 124 Å². The molecular weight excluding hydrogens is 270 g/mol. The van der Waals surface area contributed by atoms with Crippen LogP contribution in [0.2, 0.25) is 5.02 Å². The van der Waals surface area contributed by atoms with Crippen LogP contribution in [0.25, 0.3) is 10.9 Å². The SMILES string of the molecule is CC1(CN)CCN(c2ccnc3cc(Cl)ccc23)CC1. The highest BCUT2D eigenvalue weighted by Gasteiger charge is 2.29. The Kier molecular flexibility index (Phi) is 3.57. The number of aromatic nitrogens is 1. The van der Waals surface area contributed by atoms with Gasteiger partial charge in [-0.2, -0.15) is 0 Å². The van der Waals surface area contributed by atoms with Crippen LogP contribution < -0.4 is 10.6 Å². The molecule has 3 nitrogen and oxygen atoms in total. The van der Waals surface area contributed by atoms with Crippen molar-refractivity contribution in [3.63, 3.8) is 0 Å². The molecule has 2 aromatic rings. The van der Waals surface area contributed by atoms with Crippen LogP contribution in [0.1, 0.15) is 19.8 Å². The topological polar surface area (TPSA) is 42.1 Å². The molecule has 20 heavy (non-hydrogen) atoms. The first-order valence-electron chi connectivity index (χ1n) is 7.11. The van der Waals surface area contributed by atoms with Crippen LogP contribution in [-0.2, 0) is 0 Å². The Morgan fingerprint density at radius 1 is 1.30 bits per heavy atom. The third-order valence-electron chi connectivity index (χ3n) is 4.49. The minimum Gasteiger partial charge on any atom is -0.371 e. The molecule has 2 N–H and O–H groups in total. The van der Waals surface area contributed by atoms with Crippen molar-refractivity contribution in [3.8, 4) is 0 Å². The van der Waals surface area contributed by atoms with E-state index < -0.39 is 0 Å². The van der Waals surface area contributed by atoms with Gasteiger partial charge >= 0.3 is 0 Å². The minimum atomic E-state index is 0.294. The number of fused-ring (bicyclic) bond motifs is 1. The van der Waals surface area contributed by atoms with E-state index in [9.17, 15) is 0 Å². The molecule has 4 heteroatoms. The largest absolute Gasteiger partial charge is 0.371 e. The number of anilines is 1. The molecule has 0 saturated carbocycles. The van der Waals surface area contributed by atoms with Gasteiger partial charge < -0.3 is 10.6 Å². The van der Waals surface area contributed by atoms with E-state index in [1.165, 1.54) is 11.1 Å². The maximum atomic E-state index is 6.05. The number of piperidine rings is 1. The van der Waals surface area contributed by atoms with Crippen molar-refractivity contribution in [1.29, 1.82) is 0 Å². The average Bonchev–Trinajstić information content (AvgIpc) is 2.47. The molecule has 106 valence electrons. The number of hydrogen-bond acceptors (Lipinski definition) is 3. The summed E-state index contributed by atoms with van der Waals surface area (Å²) in [5.74, 6) is 0. The molecule has 0 atom stereocenters. The number of halogens is 1. The lowest BCUT2D eigenvalue weighted by Crippen LogP contribution is -2.42. The second kappa shape index (κ2) is 5.23. The van der Waals surface area contributed by atoms with Crippen LogP contribution in [0.4, 0.5) is 5.69 Å². The summed E-state index contributed by atoms with van der Waals surface area (Å²) in [5.41, 5.74) is 8.40. The lowest BCUT2D eigenvalue weighted by molar-refractivity contribution is 0.258. The summed E-state index contributed by atoms with van der Waals surface area (Å²) >= 11 is 6.05. The summed E-state index contributed by atoms with van der Waals surface area (Å²) in [6.45, 7) is 5.16. The zero-order valence-electron chi connectivity index (χ0n) is 11.8. The van der Waals surface area contributed by atoms with Gasteiger partial charge in [-0.3, -0.25) is 4.98 Å². The molecule has 1 aromatic carbocycles. The minimum absolute atomic E-state index is 0.294. The summed E-state index contributed by atoms with van der Waals surface area (Å²) in [6.07, 6.45) is 4.15. The predicted octanol–water partition coefficient (Wildman–Crippen LogP) is 3.45. The molecule has 1 aliphatic heterocycles. The fourth-order valence-corrected chi connectivity index (χ4v) is 3.04. The molecule has 1 aliphatic rings. The Morgan fingerprint density at radius 2 is 2.05 bits per heavy atom. The number of rotatable bonds is 2. The van der Waals surface area contributed by atoms with Crippen molar-refractivity contribution in [2.45, 2.75) is 19.8 Å². The van der Waals surface area contributed by atoms with E-state index in [-0.39, 0.29) is 0 Å². The second-order valence-corrected chi connectivity index (χ2v) is 6.43. The molecule has 1 fully saturated rings. The number of pyridine rings is 1. The Hall–Kier alpha value is -1.32. The van der Waals surface area contributed by atoms with Crippen LogP contribution in [0.5, 0.6) is 0 Å². The van der Waals surface area contributed by atoms with E-state index in [0.29, 0.717) is 5.41 Å². The van der Waals surface area contributed by atoms with Crippen molar-refractivity contribution in [1.82, 2.24) is 4.98 Å². The summed E-state index contributed by atoms with van der Waals surface area (Å²) in [4.78, 5) is 6.85. The summed E-state index contributed by atoms with van der Waals surface area (Å²) < 4.78 is 0. The summed E-state index contributed by atoms with van der Waals surface area (Å²) in [5, 5.41) is 1.91. The van der Waals surface area contributed by atoms with Gasteiger partial charge in [-0.1, -0.05) is 18.5 Å². The number of nitrogens with two attached hydrogens (primary N) is 1. The fraction of sp³-hybridized carbons (Fsp3) is 0.438. The molecule has 0 aliphatic carbocycles. The van der Waals surface area contributed by atoms with Crippen molar-refractivity contribution in [3.05, 3.63) is 35.5 Å². The molecule has 2 heterocycles. The highest BCUT2D eigenvalue weighted by atomic mass is 35.5. The Balaban J connectivity index is 1.92. The van der Waals surface area contributed by atoms with Gasteiger partial charge in [-0.25, -0.2) is 0 Å². The number of benzene rings is 1. The number of hydrogen-bond donors (Lipinski definition) is 1. The summed E-state index contributed by atoms with van der Waals surface area (Å²) in [7, 11) is 0. The standard InChI is InChI=1S/C16H20ClN3/c1-16(11-18)5-8-20(9-6-16)15-4-7-19-14-10-12(17)2-3-13(14)15/h2-4,7,10H,5-6,8-9,11,18H2,1H3. The van der Waals surface area contributed by atoms with Crippen molar-refractivity contribution < 1.29 is 0 Å². The lowest BCUT2D eigenvalue weighted by Gasteiger charge is -2.40. The van der Waals surface area contributed by atoms with Crippen LogP contribution >= 0.6 is 11.6 Å². The van der Waals surface area contributed by atoms with Gasteiger partial charge in [0.25, 0.3) is 0 Å². The van der Waals surface area contributed by atoms with E-state index in [1.54, 1.807) is 0 Å². The van der Waals surface area contributed by atoms with Gasteiger partial charge in [0.1, 0.15) is 0 Å². The van der Waals surface area contributed by atoms with Gasteiger partial charge in [0.15, 0.2) is 0 Å². The zero-order valence-corrected chi connectivity index (χ0v) is 12.5. The van der Waals surface area contributed by atoms with Crippen molar-refractivity contribution >= 4 is 28.2 Å². The molecule has 0 amide bonds. The normalized spacial score (nSPS) is 18.4. The lowest BCUT2D eigenvalue weighted by atomic mass is 9.80. The Bertz CT molecular complexity index is 618. The molecule has 3 rings (SSSR count). The van der Waals surface area contributed by atoms with Crippen LogP contribution in [0, 0.1) is 5.41 Å². The van der Waals surface area contributed by atoms with Gasteiger partial charge in [-0.15, -0.1) is 0 Å². The zero-order chi connectivity index (χ0) is 14.2. The first-order chi connectivity index (χ1) is 9.61. The molecule has 1 aromatic heterocycles. The smallest absolute Gasteiger partial charge is 0.0737 e. The van der Waals surface area contributed by atoms with Gasteiger partial charge in [0.2, 0.25) is 0 Å². The highest BCUT2D eigenvalue weighted by molar-refractivity contribution is 6.31. The van der Waals surface area contributed by atoms with Gasteiger partial charge in [-0.05, 0) is 49.1 Å². The van der Waals surface area contributed by atoms with E-state index >= 15 is 0 Å². The molecule has 0 bridgehead atoms. The molecular formula is C16H20ClN3. The third kappa shape index (κ3) is 2.48. The van der Waals surface area contributed by atoms with Crippen LogP contribution in [0.3, 0.4) is 0 Å². The molecule has 0 unspecified atom stereocenters. The third-order valence-corrected chi connectivity index (χ3v) is 4.72. The first-order valence-corrected chi connectivity index (χ1v) is 7.48. The fourth-order valence-electron chi connectivity index (χ4n) is 2.87. The predicted molar refractivity (Wildman–Crippen MR) is 85.4 cm³/mol. The first kappa shape index (κ1) is 13.7. The average molecular weight is 290 g/mol. The van der Waals surface area contributed by atoms with Crippen molar-refractivity contribution in [2.75, 3.05) is 24.5 Å². The second-order valence-electron chi connectivity index (χ2n) is 5.99. The molecule has 1 saturated heterocycles. The van der Waals surface area contributed by atoms with E-state index in [2.05, 4.69) is 28.9 Å². The maximum Gasteiger partial charge on any atom is 0.0737 e. The van der Waals surface area contributed by atoms with Gasteiger partial charge in [0.05, 0.1) is 5.52 Å². The molecule has 0 spiro atoms.